The molecule has 1 aliphatic heterocycles. The van der Waals surface area contributed by atoms with Crippen LogP contribution in [0.25, 0.3) is 0 Å². The van der Waals surface area contributed by atoms with E-state index in [4.69, 9.17) is 4.74 Å². The van der Waals surface area contributed by atoms with Crippen LogP contribution in [0.4, 0.5) is 0 Å². The maximum atomic E-state index is 13.6. The number of Topliss-reactive ketones (excluding diaryl/α,β-unsaturated/α-hetero) is 1. The molecule has 3 aliphatic rings. The molecule has 0 unspecified atom stereocenters. The van der Waals surface area contributed by atoms with Crippen LogP contribution < -0.4 is 5.32 Å². The topological polar surface area (TPSA) is 55.4 Å². The molecule has 4 nitrogen and oxygen atoms in total. The van der Waals surface area contributed by atoms with E-state index in [1.807, 2.05) is 49.4 Å². The van der Waals surface area contributed by atoms with E-state index < -0.39 is 5.92 Å². The van der Waals surface area contributed by atoms with Gasteiger partial charge in [-0.1, -0.05) is 64.8 Å². The highest BCUT2D eigenvalue weighted by Gasteiger charge is 2.41. The summed E-state index contributed by atoms with van der Waals surface area (Å²) in [6.45, 7) is 1.93. The second kappa shape index (κ2) is 9.91. The van der Waals surface area contributed by atoms with Gasteiger partial charge in [-0.3, -0.25) is 4.79 Å². The van der Waals surface area contributed by atoms with Crippen LogP contribution in [0.1, 0.15) is 74.8 Å². The van der Waals surface area contributed by atoms with Crippen LogP contribution in [-0.4, -0.2) is 17.9 Å². The summed E-state index contributed by atoms with van der Waals surface area (Å²) >= 11 is 3.51. The SMILES string of the molecule is CC1=C(C(=O)OC2CCCCC2)[C@@H](c2ccc(Br)cc2)C2=C(C[C@@H](c3ccccc3)CC2=O)N1. The first-order valence-electron chi connectivity index (χ1n) is 12.3. The minimum atomic E-state index is -0.412. The molecule has 1 N–H and O–H groups in total. The quantitative estimate of drug-likeness (QED) is 0.457. The van der Waals surface area contributed by atoms with Gasteiger partial charge < -0.3 is 10.1 Å². The summed E-state index contributed by atoms with van der Waals surface area (Å²) in [6.07, 6.45) is 6.39. The van der Waals surface area contributed by atoms with Crippen LogP contribution >= 0.6 is 15.9 Å². The van der Waals surface area contributed by atoms with E-state index in [0.29, 0.717) is 12.0 Å². The smallest absolute Gasteiger partial charge is 0.337 e. The van der Waals surface area contributed by atoms with Gasteiger partial charge in [0.25, 0.3) is 0 Å². The fraction of sp³-hybridized carbons (Fsp3) is 0.379. The third kappa shape index (κ3) is 4.63. The van der Waals surface area contributed by atoms with E-state index in [1.54, 1.807) is 0 Å². The summed E-state index contributed by atoms with van der Waals surface area (Å²) < 4.78 is 6.97. The third-order valence-corrected chi connectivity index (χ3v) is 7.88. The molecule has 2 atom stereocenters. The number of nitrogens with one attached hydrogen (secondary N) is 1. The Morgan fingerprint density at radius 1 is 0.941 bits per heavy atom. The lowest BCUT2D eigenvalue weighted by Crippen LogP contribution is -2.37. The molecule has 5 heteroatoms. The lowest BCUT2D eigenvalue weighted by Gasteiger charge is -2.37. The average Bonchev–Trinajstić information content (AvgIpc) is 2.84. The monoisotopic (exact) mass is 519 g/mol. The molecule has 0 amide bonds. The summed E-state index contributed by atoms with van der Waals surface area (Å²) in [7, 11) is 0. The van der Waals surface area contributed by atoms with Gasteiger partial charge in [0, 0.05) is 33.8 Å². The minimum Gasteiger partial charge on any atom is -0.459 e. The van der Waals surface area contributed by atoms with Crippen LogP contribution in [0, 0.1) is 0 Å². The van der Waals surface area contributed by atoms with E-state index in [2.05, 4.69) is 33.4 Å². The van der Waals surface area contributed by atoms with Gasteiger partial charge in [0.2, 0.25) is 0 Å². The van der Waals surface area contributed by atoms with Crippen LogP contribution in [0.2, 0.25) is 0 Å². The summed E-state index contributed by atoms with van der Waals surface area (Å²) in [5, 5.41) is 3.46. The number of halogens is 1. The number of ketones is 1. The second-order valence-corrected chi connectivity index (χ2v) is 10.6. The minimum absolute atomic E-state index is 0.0352. The fourth-order valence-electron chi connectivity index (χ4n) is 5.66. The summed E-state index contributed by atoms with van der Waals surface area (Å²) in [5.41, 5.74) is 5.12. The Morgan fingerprint density at radius 2 is 1.65 bits per heavy atom. The number of esters is 1. The van der Waals surface area contributed by atoms with Crippen molar-refractivity contribution >= 4 is 27.7 Å². The maximum absolute atomic E-state index is 13.6. The molecular formula is C29H30BrNO3. The Hall–Kier alpha value is -2.66. The molecule has 0 spiro atoms. The van der Waals surface area contributed by atoms with Gasteiger partial charge in [-0.15, -0.1) is 0 Å². The van der Waals surface area contributed by atoms with E-state index in [1.165, 1.54) is 12.0 Å². The molecule has 1 heterocycles. The highest BCUT2D eigenvalue weighted by Crippen LogP contribution is 2.46. The van der Waals surface area contributed by atoms with Gasteiger partial charge in [0.15, 0.2) is 5.78 Å². The molecule has 0 aromatic heterocycles. The number of dihydropyridines is 1. The number of carbonyl (C=O) groups excluding carboxylic acids is 2. The maximum Gasteiger partial charge on any atom is 0.337 e. The van der Waals surface area contributed by atoms with Gasteiger partial charge in [-0.25, -0.2) is 4.79 Å². The van der Waals surface area contributed by atoms with Crippen molar-refractivity contribution in [2.24, 2.45) is 0 Å². The summed E-state index contributed by atoms with van der Waals surface area (Å²) in [4.78, 5) is 27.2. The van der Waals surface area contributed by atoms with Gasteiger partial charge >= 0.3 is 5.97 Å². The van der Waals surface area contributed by atoms with Crippen molar-refractivity contribution in [2.75, 3.05) is 0 Å². The Bertz CT molecular complexity index is 1140. The van der Waals surface area contributed by atoms with Crippen molar-refractivity contribution in [2.45, 2.75) is 69.8 Å². The number of allylic oxidation sites excluding steroid dienone is 3. The zero-order valence-electron chi connectivity index (χ0n) is 19.5. The number of benzene rings is 2. The first-order chi connectivity index (χ1) is 16.5. The molecule has 1 fully saturated rings. The lowest BCUT2D eigenvalue weighted by atomic mass is 9.72. The second-order valence-electron chi connectivity index (χ2n) is 9.64. The fourth-order valence-corrected chi connectivity index (χ4v) is 5.92. The molecule has 0 bridgehead atoms. The standard InChI is InChI=1S/C29H30BrNO3/c1-18-26(29(33)34-23-10-6-3-7-11-23)27(20-12-14-22(30)15-13-20)28-24(31-18)16-21(17-25(28)32)19-8-4-2-5-9-19/h2,4-5,8-9,12-15,21,23,27,31H,3,6-7,10-11,16-17H2,1H3/t21-,27-/m1/s1. The molecule has 0 saturated heterocycles. The molecule has 0 radical (unpaired) electrons. The first-order valence-corrected chi connectivity index (χ1v) is 13.1. The molecule has 2 aromatic rings. The predicted octanol–water partition coefficient (Wildman–Crippen LogP) is 6.69. The van der Waals surface area contributed by atoms with Crippen molar-refractivity contribution in [3.63, 3.8) is 0 Å². The normalized spacial score (nSPS) is 23.4. The van der Waals surface area contributed by atoms with Crippen LogP contribution in [0.3, 0.4) is 0 Å². The molecular weight excluding hydrogens is 490 g/mol. The number of carbonyl (C=O) groups is 2. The summed E-state index contributed by atoms with van der Waals surface area (Å²) in [6, 6.07) is 18.2. The zero-order chi connectivity index (χ0) is 23.7. The van der Waals surface area contributed by atoms with E-state index >= 15 is 0 Å². The van der Waals surface area contributed by atoms with Gasteiger partial charge in [-0.2, -0.15) is 0 Å². The third-order valence-electron chi connectivity index (χ3n) is 7.35. The van der Waals surface area contributed by atoms with Crippen LogP contribution in [0.5, 0.6) is 0 Å². The molecule has 176 valence electrons. The lowest BCUT2D eigenvalue weighted by molar-refractivity contribution is -0.146. The van der Waals surface area contributed by atoms with Crippen molar-refractivity contribution in [3.05, 3.63) is 92.7 Å². The molecule has 2 aliphatic carbocycles. The van der Waals surface area contributed by atoms with Crippen molar-refractivity contribution < 1.29 is 14.3 Å². The Labute approximate surface area is 209 Å². The zero-order valence-corrected chi connectivity index (χ0v) is 21.1. The number of ether oxygens (including phenoxy) is 1. The van der Waals surface area contributed by atoms with Gasteiger partial charge in [0.05, 0.1) is 5.57 Å². The number of rotatable bonds is 4. The highest BCUT2D eigenvalue weighted by atomic mass is 79.9. The highest BCUT2D eigenvalue weighted by molar-refractivity contribution is 9.10. The Morgan fingerprint density at radius 3 is 2.35 bits per heavy atom. The average molecular weight is 520 g/mol. The van der Waals surface area contributed by atoms with E-state index in [0.717, 1.165) is 59.1 Å². The van der Waals surface area contributed by atoms with Crippen LogP contribution in [0.15, 0.2) is 81.6 Å². The predicted molar refractivity (Wildman–Crippen MR) is 136 cm³/mol. The molecule has 1 saturated carbocycles. The largest absolute Gasteiger partial charge is 0.459 e. The van der Waals surface area contributed by atoms with E-state index in [9.17, 15) is 9.59 Å². The van der Waals surface area contributed by atoms with Gasteiger partial charge in [0.1, 0.15) is 6.10 Å². The summed E-state index contributed by atoms with van der Waals surface area (Å²) in [5.74, 6) is -0.473. The Balaban J connectivity index is 1.52. The van der Waals surface area contributed by atoms with Crippen LogP contribution in [-0.2, 0) is 14.3 Å². The molecule has 2 aromatic carbocycles. The van der Waals surface area contributed by atoms with E-state index in [-0.39, 0.29) is 23.8 Å². The molecule has 5 rings (SSSR count). The Kier molecular flexibility index (Phi) is 6.73. The molecule has 34 heavy (non-hydrogen) atoms. The van der Waals surface area contributed by atoms with Crippen molar-refractivity contribution in [3.8, 4) is 0 Å². The van der Waals surface area contributed by atoms with Crippen molar-refractivity contribution in [1.82, 2.24) is 5.32 Å². The number of hydrogen-bond donors (Lipinski definition) is 1. The first kappa shape index (κ1) is 23.1. The van der Waals surface area contributed by atoms with Gasteiger partial charge in [-0.05, 0) is 68.2 Å². The number of hydrogen-bond acceptors (Lipinski definition) is 4. The van der Waals surface area contributed by atoms with Crippen molar-refractivity contribution in [1.29, 1.82) is 0 Å².